The van der Waals surface area contributed by atoms with Crippen LogP contribution in [0.4, 0.5) is 17.3 Å². The van der Waals surface area contributed by atoms with Crippen LogP contribution in [0.1, 0.15) is 44.2 Å². The van der Waals surface area contributed by atoms with E-state index >= 15 is 0 Å². The molecule has 1 saturated heterocycles. The summed E-state index contributed by atoms with van der Waals surface area (Å²) in [6, 6.07) is 4.46. The number of H-pyrrole nitrogens is 1. The van der Waals surface area contributed by atoms with Gasteiger partial charge in [0.2, 0.25) is 0 Å². The van der Waals surface area contributed by atoms with Gasteiger partial charge in [-0.25, -0.2) is 9.97 Å². The molecule has 1 aliphatic carbocycles. The number of nitrogens with two attached hydrogens (primary N) is 1. The third-order valence-corrected chi connectivity index (χ3v) is 7.51. The summed E-state index contributed by atoms with van der Waals surface area (Å²) in [7, 11) is 0. The lowest BCUT2D eigenvalue weighted by molar-refractivity contribution is 0.197. The van der Waals surface area contributed by atoms with E-state index in [9.17, 15) is 0 Å². The minimum absolute atomic E-state index is 0.352. The quantitative estimate of drug-likeness (QED) is 0.677. The SMILES string of the molecule is N[C@@H]1CCCC12CCN(c1cnc3c(N4CCCc5ncccc54)n[nH]c3n1)CC2. The molecule has 1 atom stereocenters. The maximum Gasteiger partial charge on any atom is 0.183 e. The Morgan fingerprint density at radius 1 is 1.10 bits per heavy atom. The van der Waals surface area contributed by atoms with E-state index in [0.29, 0.717) is 11.5 Å². The molecule has 3 N–H and O–H groups in total. The highest BCUT2D eigenvalue weighted by molar-refractivity contribution is 5.87. The van der Waals surface area contributed by atoms with Gasteiger partial charge in [0, 0.05) is 31.9 Å². The summed E-state index contributed by atoms with van der Waals surface area (Å²) in [4.78, 5) is 18.8. The Labute approximate surface area is 175 Å². The second-order valence-corrected chi connectivity index (χ2v) is 9.05. The topological polar surface area (TPSA) is 99.9 Å². The van der Waals surface area contributed by atoms with Crippen molar-refractivity contribution in [1.29, 1.82) is 0 Å². The van der Waals surface area contributed by atoms with E-state index in [4.69, 9.17) is 15.7 Å². The van der Waals surface area contributed by atoms with Gasteiger partial charge in [-0.2, -0.15) is 5.10 Å². The minimum Gasteiger partial charge on any atom is -0.355 e. The Balaban J connectivity index is 1.27. The van der Waals surface area contributed by atoms with Crippen LogP contribution >= 0.6 is 0 Å². The fourth-order valence-electron chi connectivity index (χ4n) is 5.70. The molecule has 0 radical (unpaired) electrons. The summed E-state index contributed by atoms with van der Waals surface area (Å²) in [5.41, 5.74) is 10.6. The number of pyridine rings is 1. The Hall–Kier alpha value is -2.74. The summed E-state index contributed by atoms with van der Waals surface area (Å²) in [5.74, 6) is 1.77. The molecule has 5 heterocycles. The zero-order valence-corrected chi connectivity index (χ0v) is 17.2. The van der Waals surface area contributed by atoms with Crippen molar-refractivity contribution in [3.8, 4) is 0 Å². The summed E-state index contributed by atoms with van der Waals surface area (Å²) in [6.07, 6.45) is 11.9. The molecule has 1 saturated carbocycles. The van der Waals surface area contributed by atoms with Gasteiger partial charge in [-0.1, -0.05) is 6.42 Å². The van der Waals surface area contributed by atoms with Crippen LogP contribution in [-0.2, 0) is 6.42 Å². The first-order valence-electron chi connectivity index (χ1n) is 11.2. The van der Waals surface area contributed by atoms with Crippen molar-refractivity contribution >= 4 is 28.5 Å². The van der Waals surface area contributed by atoms with Crippen molar-refractivity contribution in [2.24, 2.45) is 11.1 Å². The molecule has 3 aliphatic rings. The molecule has 0 bridgehead atoms. The van der Waals surface area contributed by atoms with Crippen LogP contribution in [0.15, 0.2) is 24.5 Å². The van der Waals surface area contributed by atoms with Crippen molar-refractivity contribution in [3.05, 3.63) is 30.2 Å². The van der Waals surface area contributed by atoms with Crippen molar-refractivity contribution in [2.75, 3.05) is 29.4 Å². The van der Waals surface area contributed by atoms with E-state index in [1.54, 1.807) is 0 Å². The third kappa shape index (κ3) is 2.77. The maximum absolute atomic E-state index is 6.44. The van der Waals surface area contributed by atoms with Crippen molar-refractivity contribution in [1.82, 2.24) is 25.1 Å². The zero-order valence-electron chi connectivity index (χ0n) is 17.2. The number of hydrogen-bond donors (Lipinski definition) is 2. The molecule has 0 aromatic carbocycles. The minimum atomic E-state index is 0.352. The van der Waals surface area contributed by atoms with Gasteiger partial charge in [0.25, 0.3) is 0 Å². The fourth-order valence-corrected chi connectivity index (χ4v) is 5.70. The molecule has 2 fully saturated rings. The number of rotatable bonds is 2. The average molecular weight is 405 g/mol. The van der Waals surface area contributed by atoms with E-state index in [-0.39, 0.29) is 0 Å². The predicted molar refractivity (Wildman–Crippen MR) is 117 cm³/mol. The van der Waals surface area contributed by atoms with Crippen LogP contribution in [0.25, 0.3) is 11.2 Å². The highest BCUT2D eigenvalue weighted by Gasteiger charge is 2.43. The van der Waals surface area contributed by atoms with Crippen LogP contribution in [0.5, 0.6) is 0 Å². The number of anilines is 3. The van der Waals surface area contributed by atoms with Gasteiger partial charge in [-0.05, 0) is 56.1 Å². The highest BCUT2D eigenvalue weighted by Crippen LogP contribution is 2.46. The molecular formula is C22H28N8. The van der Waals surface area contributed by atoms with Gasteiger partial charge in [0.1, 0.15) is 5.82 Å². The molecular weight excluding hydrogens is 376 g/mol. The van der Waals surface area contributed by atoms with Gasteiger partial charge in [0.05, 0.1) is 17.6 Å². The van der Waals surface area contributed by atoms with Crippen molar-refractivity contribution in [2.45, 2.75) is 51.0 Å². The molecule has 3 aromatic heterocycles. The van der Waals surface area contributed by atoms with Crippen molar-refractivity contribution in [3.63, 3.8) is 0 Å². The summed E-state index contributed by atoms with van der Waals surface area (Å²) in [6.45, 7) is 2.91. The maximum atomic E-state index is 6.44. The molecule has 0 amide bonds. The summed E-state index contributed by atoms with van der Waals surface area (Å²) < 4.78 is 0. The number of nitrogens with zero attached hydrogens (tertiary/aromatic N) is 6. The Morgan fingerprint density at radius 3 is 2.83 bits per heavy atom. The van der Waals surface area contributed by atoms with Gasteiger partial charge in [-0.15, -0.1) is 0 Å². The Kier molecular flexibility index (Phi) is 4.16. The van der Waals surface area contributed by atoms with E-state index in [1.165, 1.54) is 19.3 Å². The number of nitrogens with one attached hydrogen (secondary N) is 1. The first-order chi connectivity index (χ1) is 14.7. The number of aromatic nitrogens is 5. The number of aromatic amines is 1. The fraction of sp³-hybridized carbons (Fsp3) is 0.545. The lowest BCUT2D eigenvalue weighted by Crippen LogP contribution is -2.47. The van der Waals surface area contributed by atoms with Crippen LogP contribution < -0.4 is 15.5 Å². The summed E-state index contributed by atoms with van der Waals surface area (Å²) >= 11 is 0. The first kappa shape index (κ1) is 18.1. The van der Waals surface area contributed by atoms with E-state index in [0.717, 1.165) is 79.5 Å². The first-order valence-corrected chi connectivity index (χ1v) is 11.2. The Bertz CT molecular complexity index is 1070. The molecule has 2 aliphatic heterocycles. The van der Waals surface area contributed by atoms with Crippen LogP contribution in [0, 0.1) is 5.41 Å². The predicted octanol–water partition coefficient (Wildman–Crippen LogP) is 2.93. The Morgan fingerprint density at radius 2 is 2.00 bits per heavy atom. The second kappa shape index (κ2) is 6.91. The van der Waals surface area contributed by atoms with Crippen LogP contribution in [0.3, 0.4) is 0 Å². The van der Waals surface area contributed by atoms with Crippen LogP contribution in [0.2, 0.25) is 0 Å². The number of hydrogen-bond acceptors (Lipinski definition) is 7. The number of fused-ring (bicyclic) bond motifs is 2. The third-order valence-electron chi connectivity index (χ3n) is 7.51. The standard InChI is InChI=1S/C22H28N8/c23-17-6-1-7-22(17)8-12-29(13-9-22)18-14-25-19-20(26-18)27-28-21(19)30-11-3-4-15-16(30)5-2-10-24-15/h2,5,10,14,17H,1,3-4,6-9,11-13,23H2,(H,26,27,28)/t17-/m1/s1. The average Bonchev–Trinajstić information content (AvgIpc) is 3.37. The van der Waals surface area contributed by atoms with E-state index in [2.05, 4.69) is 31.0 Å². The lowest BCUT2D eigenvalue weighted by atomic mass is 9.74. The van der Waals surface area contributed by atoms with Gasteiger partial charge in [-0.3, -0.25) is 10.1 Å². The van der Waals surface area contributed by atoms with E-state index < -0.39 is 0 Å². The lowest BCUT2D eigenvalue weighted by Gasteiger charge is -2.42. The molecule has 156 valence electrons. The number of aryl methyl sites for hydroxylation is 1. The largest absolute Gasteiger partial charge is 0.355 e. The molecule has 0 unspecified atom stereocenters. The molecule has 30 heavy (non-hydrogen) atoms. The van der Waals surface area contributed by atoms with E-state index in [1.807, 2.05) is 18.5 Å². The van der Waals surface area contributed by atoms with Gasteiger partial charge >= 0.3 is 0 Å². The second-order valence-electron chi connectivity index (χ2n) is 9.05. The molecule has 6 rings (SSSR count). The monoisotopic (exact) mass is 404 g/mol. The smallest absolute Gasteiger partial charge is 0.183 e. The summed E-state index contributed by atoms with van der Waals surface area (Å²) in [5, 5.41) is 7.70. The molecule has 8 heteroatoms. The van der Waals surface area contributed by atoms with Gasteiger partial charge in [0.15, 0.2) is 17.0 Å². The molecule has 8 nitrogen and oxygen atoms in total. The van der Waals surface area contributed by atoms with Crippen molar-refractivity contribution < 1.29 is 0 Å². The van der Waals surface area contributed by atoms with Crippen LogP contribution in [-0.4, -0.2) is 50.8 Å². The molecule has 1 spiro atoms. The highest BCUT2D eigenvalue weighted by atomic mass is 15.3. The number of piperidine rings is 1. The zero-order chi connectivity index (χ0) is 20.1. The molecule has 3 aromatic rings. The van der Waals surface area contributed by atoms with Gasteiger partial charge < -0.3 is 15.5 Å². The normalized spacial score (nSPS) is 23.3.